The smallest absolute Gasteiger partial charge is 0.456 e. The monoisotopic (exact) mass is 795 g/mol. The molecule has 1 unspecified atom stereocenters. The minimum Gasteiger partial charge on any atom is -0.456 e. The second-order valence-electron chi connectivity index (χ2n) is 15.8. The molecule has 55 heavy (non-hydrogen) atoms. The summed E-state index contributed by atoms with van der Waals surface area (Å²) >= 11 is 0. The Kier molecular flexibility index (Phi) is 42.3. The van der Waals surface area contributed by atoms with Crippen molar-refractivity contribution >= 4 is 20.1 Å². The van der Waals surface area contributed by atoms with E-state index in [1.807, 2.05) is 6.08 Å². The summed E-state index contributed by atoms with van der Waals surface area (Å²) in [6.07, 6.45) is 44.5. The molecule has 8 heteroatoms. The highest BCUT2D eigenvalue weighted by Crippen LogP contribution is 2.25. The second-order valence-corrected chi connectivity index (χ2v) is 16.8. The number of esters is 1. The largest absolute Gasteiger partial charge is 0.697 e. The minimum atomic E-state index is -2.40. The van der Waals surface area contributed by atoms with Crippen LogP contribution in [0.5, 0.6) is 0 Å². The topological polar surface area (TPSA) is 90.9 Å². The van der Waals surface area contributed by atoms with Gasteiger partial charge in [-0.1, -0.05) is 213 Å². The summed E-state index contributed by atoms with van der Waals surface area (Å²) < 4.78 is 29.2. The highest BCUT2D eigenvalue weighted by Gasteiger charge is 2.30. The van der Waals surface area contributed by atoms with Crippen LogP contribution in [0.25, 0.3) is 0 Å². The van der Waals surface area contributed by atoms with Crippen LogP contribution in [0.15, 0.2) is 24.8 Å². The van der Waals surface area contributed by atoms with Crippen LogP contribution < -0.4 is 5.32 Å². The minimum absolute atomic E-state index is 0.0882. The van der Waals surface area contributed by atoms with Crippen molar-refractivity contribution in [1.29, 1.82) is 0 Å². The fraction of sp³-hybridized carbons (Fsp3) is 0.872. The zero-order valence-electron chi connectivity index (χ0n) is 36.4. The van der Waals surface area contributed by atoms with Crippen molar-refractivity contribution in [3.05, 3.63) is 24.8 Å². The van der Waals surface area contributed by atoms with Crippen molar-refractivity contribution in [3.63, 3.8) is 0 Å². The Balaban J connectivity index is 5.15. The lowest BCUT2D eigenvalue weighted by atomic mass is 10.0. The molecule has 0 saturated carbocycles. The number of ether oxygens (including phenoxy) is 1. The first-order valence-corrected chi connectivity index (χ1v) is 24.6. The van der Waals surface area contributed by atoms with Crippen molar-refractivity contribution in [2.24, 2.45) is 0 Å². The van der Waals surface area contributed by atoms with Crippen LogP contribution in [0.4, 0.5) is 0 Å². The highest BCUT2D eigenvalue weighted by molar-refractivity contribution is 7.33. The zero-order chi connectivity index (χ0) is 40.3. The number of hydrogen-bond acceptors (Lipinski definition) is 6. The Morgan fingerprint density at radius 3 is 1.40 bits per heavy atom. The number of allylic oxidation sites excluding steroid dienone is 1. The van der Waals surface area contributed by atoms with E-state index in [9.17, 15) is 14.2 Å². The molecule has 0 spiro atoms. The summed E-state index contributed by atoms with van der Waals surface area (Å²) in [4.78, 5) is 26.4. The van der Waals surface area contributed by atoms with Crippen molar-refractivity contribution < 1.29 is 27.9 Å². The second kappa shape index (κ2) is 43.6. The molecule has 0 bridgehead atoms. The molecule has 0 saturated heterocycles. The van der Waals surface area contributed by atoms with Crippen molar-refractivity contribution in [2.75, 3.05) is 13.2 Å². The van der Waals surface area contributed by atoms with Gasteiger partial charge in [0, 0.05) is 17.4 Å². The van der Waals surface area contributed by atoms with Crippen molar-refractivity contribution in [1.82, 2.24) is 5.32 Å². The summed E-state index contributed by atoms with van der Waals surface area (Å²) in [5.74, 6) is -0.380. The molecule has 0 aromatic heterocycles. The van der Waals surface area contributed by atoms with Gasteiger partial charge in [-0.15, -0.1) is 15.6 Å². The van der Waals surface area contributed by atoms with Gasteiger partial charge >= 0.3 is 14.2 Å². The van der Waals surface area contributed by atoms with Gasteiger partial charge in [0.15, 0.2) is 0 Å². The first kappa shape index (κ1) is 53.4. The molecule has 0 aliphatic heterocycles. The van der Waals surface area contributed by atoms with Gasteiger partial charge in [0.1, 0.15) is 19.3 Å². The third kappa shape index (κ3) is 39.1. The van der Waals surface area contributed by atoms with Gasteiger partial charge in [0.25, 0.3) is 0 Å². The lowest BCUT2D eigenvalue weighted by Crippen LogP contribution is -2.47. The Labute approximate surface area is 341 Å². The highest BCUT2D eigenvalue weighted by atomic mass is 31.1. The quantitative estimate of drug-likeness (QED) is 0.0286. The lowest BCUT2D eigenvalue weighted by Gasteiger charge is -2.24. The SMILES string of the molecule is C=CCO[P+](=O)OC[C@H](NC(=O)CCCCCCCCCCCCC)[C@@H](/C=C/CCCCCCCCCCCCC)OC(=O)CCCCCCCCCCC. The van der Waals surface area contributed by atoms with Crippen LogP contribution in [0.1, 0.15) is 239 Å². The maximum Gasteiger partial charge on any atom is 0.697 e. The van der Waals surface area contributed by atoms with E-state index in [1.54, 1.807) is 0 Å². The van der Waals surface area contributed by atoms with Crippen LogP contribution in [0, 0.1) is 0 Å². The number of hydrogen-bond donors (Lipinski definition) is 1. The van der Waals surface area contributed by atoms with Crippen LogP contribution in [0.2, 0.25) is 0 Å². The summed E-state index contributed by atoms with van der Waals surface area (Å²) in [5.41, 5.74) is 0. The molecule has 3 atom stereocenters. The van der Waals surface area contributed by atoms with Crippen LogP contribution >= 0.6 is 8.25 Å². The fourth-order valence-corrected chi connectivity index (χ4v) is 7.53. The molecule has 322 valence electrons. The average Bonchev–Trinajstić information content (AvgIpc) is 3.18. The molecule has 0 fully saturated rings. The van der Waals surface area contributed by atoms with E-state index in [-0.39, 0.29) is 25.1 Å². The Bertz CT molecular complexity index is 912. The van der Waals surface area contributed by atoms with E-state index in [0.717, 1.165) is 51.4 Å². The summed E-state index contributed by atoms with van der Waals surface area (Å²) in [6.45, 7) is 10.4. The summed E-state index contributed by atoms with van der Waals surface area (Å²) in [5, 5.41) is 3.07. The van der Waals surface area contributed by atoms with E-state index in [0.29, 0.717) is 12.8 Å². The van der Waals surface area contributed by atoms with Gasteiger partial charge < -0.3 is 10.1 Å². The molecule has 0 aliphatic rings. The molecule has 0 heterocycles. The predicted molar refractivity (Wildman–Crippen MR) is 235 cm³/mol. The number of amides is 1. The number of carbonyl (C=O) groups is 2. The molecule has 0 aromatic rings. The Morgan fingerprint density at radius 1 is 0.564 bits per heavy atom. The molecular weight excluding hydrogens is 705 g/mol. The van der Waals surface area contributed by atoms with E-state index in [4.69, 9.17) is 13.8 Å². The van der Waals surface area contributed by atoms with E-state index < -0.39 is 20.4 Å². The third-order valence-electron chi connectivity index (χ3n) is 10.5. The van der Waals surface area contributed by atoms with Gasteiger partial charge in [0.05, 0.1) is 6.04 Å². The normalized spacial score (nSPS) is 12.9. The molecule has 7 nitrogen and oxygen atoms in total. The fourth-order valence-electron chi connectivity index (χ4n) is 6.94. The van der Waals surface area contributed by atoms with Crippen LogP contribution in [-0.2, 0) is 27.9 Å². The molecule has 0 aliphatic carbocycles. The van der Waals surface area contributed by atoms with Gasteiger partial charge in [-0.05, 0) is 31.8 Å². The maximum absolute atomic E-state index is 13.2. The standard InChI is InChI=1S/C47H88NO6P/c1-5-9-12-15-18-21-23-24-26-28-30-33-36-39-45(54-47(50)41-38-35-32-27-20-17-14-11-7-3)44(43-53-55(51)52-42-8-4)48-46(49)40-37-34-31-29-25-22-19-16-13-10-6-2/h8,36,39,44-45H,4-7,9-35,37-38,40-43H2,1-3H3/p+1/b39-36+/t44-,45+/m0/s1. The Morgan fingerprint density at radius 2 is 0.964 bits per heavy atom. The molecule has 1 amide bonds. The lowest BCUT2D eigenvalue weighted by molar-refractivity contribution is -0.149. The van der Waals surface area contributed by atoms with Crippen molar-refractivity contribution in [2.45, 2.75) is 251 Å². The number of unbranched alkanes of at least 4 members (excludes halogenated alkanes) is 29. The number of rotatable bonds is 44. The summed E-state index contributed by atoms with van der Waals surface area (Å²) in [7, 11) is -2.40. The maximum atomic E-state index is 13.2. The zero-order valence-corrected chi connectivity index (χ0v) is 37.3. The Hall–Kier alpha value is -1.56. The van der Waals surface area contributed by atoms with Gasteiger partial charge in [-0.2, -0.15) is 0 Å². The third-order valence-corrected chi connectivity index (χ3v) is 11.2. The molecule has 0 rings (SSSR count). The van der Waals surface area contributed by atoms with E-state index in [2.05, 4.69) is 38.7 Å². The predicted octanol–water partition coefficient (Wildman–Crippen LogP) is 15.1. The number of nitrogens with one attached hydrogen (secondary N) is 1. The number of carbonyl (C=O) groups excluding carboxylic acids is 2. The van der Waals surface area contributed by atoms with Crippen LogP contribution in [-0.4, -0.2) is 37.2 Å². The van der Waals surface area contributed by atoms with Gasteiger partial charge in [-0.3, -0.25) is 9.59 Å². The van der Waals surface area contributed by atoms with Gasteiger partial charge in [-0.25, -0.2) is 0 Å². The van der Waals surface area contributed by atoms with E-state index >= 15 is 0 Å². The average molecular weight is 795 g/mol. The molecular formula is C47H89NO6P+. The van der Waals surface area contributed by atoms with Crippen molar-refractivity contribution in [3.8, 4) is 0 Å². The van der Waals surface area contributed by atoms with E-state index in [1.165, 1.54) is 160 Å². The molecule has 1 N–H and O–H groups in total. The van der Waals surface area contributed by atoms with Crippen LogP contribution in [0.3, 0.4) is 0 Å². The van der Waals surface area contributed by atoms with Gasteiger partial charge in [0.2, 0.25) is 5.91 Å². The summed E-state index contributed by atoms with van der Waals surface area (Å²) in [6, 6.07) is -0.674. The molecule has 0 aromatic carbocycles. The molecule has 0 radical (unpaired) electrons. The first-order valence-electron chi connectivity index (χ1n) is 23.5. The first-order chi connectivity index (χ1) is 27.0.